The number of nitrogens with one attached hydrogen (secondary N) is 1. The number of rotatable bonds is 10. The third-order valence-electron chi connectivity index (χ3n) is 2.89. The van der Waals surface area contributed by atoms with Gasteiger partial charge in [-0.15, -0.1) is 0 Å². The predicted octanol–water partition coefficient (Wildman–Crippen LogP) is 2.56. The molecule has 0 radical (unpaired) electrons. The van der Waals surface area contributed by atoms with Crippen molar-refractivity contribution >= 4 is 10.0 Å². The van der Waals surface area contributed by atoms with Crippen molar-refractivity contribution in [3.8, 4) is 0 Å². The number of hydrogen-bond acceptors (Lipinski definition) is 3. The molecular weight excluding hydrogens is 274 g/mol. The lowest BCUT2D eigenvalue weighted by atomic mass is 10.1. The van der Waals surface area contributed by atoms with E-state index >= 15 is 0 Å². The van der Waals surface area contributed by atoms with Crippen molar-refractivity contribution in [2.24, 2.45) is 5.92 Å². The highest BCUT2D eigenvalue weighted by molar-refractivity contribution is 7.89. The van der Waals surface area contributed by atoms with Crippen molar-refractivity contribution in [2.75, 3.05) is 18.9 Å². The molecule has 1 aromatic rings. The molecule has 0 aliphatic carbocycles. The standard InChI is InChI=1S/C15H25NO3S/c1-14(2)7-6-10-16-20(17,18)12-11-19-13-15-8-4-3-5-9-15/h3-5,8-9,14,16H,6-7,10-13H2,1-2H3. The van der Waals surface area contributed by atoms with Crippen LogP contribution in [0.3, 0.4) is 0 Å². The lowest BCUT2D eigenvalue weighted by Crippen LogP contribution is -2.29. The Morgan fingerprint density at radius 1 is 1.20 bits per heavy atom. The molecule has 5 heteroatoms. The Morgan fingerprint density at radius 2 is 1.90 bits per heavy atom. The minimum atomic E-state index is -3.21. The first-order chi connectivity index (χ1) is 9.49. The molecule has 1 N–H and O–H groups in total. The van der Waals surface area contributed by atoms with E-state index in [0.717, 1.165) is 18.4 Å². The maximum atomic E-state index is 11.7. The van der Waals surface area contributed by atoms with Crippen molar-refractivity contribution in [3.63, 3.8) is 0 Å². The molecule has 4 nitrogen and oxygen atoms in total. The smallest absolute Gasteiger partial charge is 0.213 e. The monoisotopic (exact) mass is 299 g/mol. The van der Waals surface area contributed by atoms with Crippen LogP contribution in [0, 0.1) is 5.92 Å². The molecule has 1 aromatic carbocycles. The average Bonchev–Trinajstić information content (AvgIpc) is 2.41. The number of sulfonamides is 1. The minimum Gasteiger partial charge on any atom is -0.376 e. The maximum Gasteiger partial charge on any atom is 0.213 e. The normalized spacial score (nSPS) is 11.9. The Labute approximate surface area is 122 Å². The molecule has 0 amide bonds. The molecule has 0 unspecified atom stereocenters. The highest BCUT2D eigenvalue weighted by Gasteiger charge is 2.09. The summed E-state index contributed by atoms with van der Waals surface area (Å²) in [6, 6.07) is 9.73. The second-order valence-electron chi connectivity index (χ2n) is 5.29. The summed E-state index contributed by atoms with van der Waals surface area (Å²) < 4.78 is 31.4. The Bertz CT molecular complexity index is 457. The van der Waals surface area contributed by atoms with Gasteiger partial charge in [-0.2, -0.15) is 0 Å². The number of ether oxygens (including phenoxy) is 1. The van der Waals surface area contributed by atoms with Crippen molar-refractivity contribution in [1.29, 1.82) is 0 Å². The quantitative estimate of drug-likeness (QED) is 0.676. The summed E-state index contributed by atoms with van der Waals surface area (Å²) in [5.74, 6) is 0.621. The lowest BCUT2D eigenvalue weighted by molar-refractivity contribution is 0.135. The molecule has 1 rings (SSSR count). The summed E-state index contributed by atoms with van der Waals surface area (Å²) in [5, 5.41) is 0. The summed E-state index contributed by atoms with van der Waals surface area (Å²) in [6.45, 7) is 5.44. The van der Waals surface area contributed by atoms with Gasteiger partial charge >= 0.3 is 0 Å². The van der Waals surface area contributed by atoms with Gasteiger partial charge in [-0.3, -0.25) is 0 Å². The summed E-state index contributed by atoms with van der Waals surface area (Å²) in [7, 11) is -3.21. The fourth-order valence-electron chi connectivity index (χ4n) is 1.74. The first-order valence-electron chi connectivity index (χ1n) is 7.08. The van der Waals surface area contributed by atoms with E-state index in [0.29, 0.717) is 19.1 Å². The molecule has 0 atom stereocenters. The Balaban J connectivity index is 2.13. The van der Waals surface area contributed by atoms with Crippen molar-refractivity contribution < 1.29 is 13.2 Å². The predicted molar refractivity (Wildman–Crippen MR) is 82.0 cm³/mol. The molecule has 0 heterocycles. The van der Waals surface area contributed by atoms with Gasteiger partial charge in [0, 0.05) is 6.54 Å². The van der Waals surface area contributed by atoms with Gasteiger partial charge < -0.3 is 4.74 Å². The van der Waals surface area contributed by atoms with E-state index in [2.05, 4.69) is 18.6 Å². The van der Waals surface area contributed by atoms with Gasteiger partial charge in [0.05, 0.1) is 19.0 Å². The fraction of sp³-hybridized carbons (Fsp3) is 0.600. The van der Waals surface area contributed by atoms with Crippen LogP contribution in [0.1, 0.15) is 32.3 Å². The van der Waals surface area contributed by atoms with Gasteiger partial charge in [0.1, 0.15) is 0 Å². The van der Waals surface area contributed by atoms with Gasteiger partial charge in [-0.05, 0) is 24.3 Å². The topological polar surface area (TPSA) is 55.4 Å². The van der Waals surface area contributed by atoms with E-state index in [1.807, 2.05) is 30.3 Å². The molecular formula is C15H25NO3S. The number of benzene rings is 1. The SMILES string of the molecule is CC(C)CCCNS(=O)(=O)CCOCc1ccccc1. The van der Waals surface area contributed by atoms with Crippen LogP contribution in [-0.4, -0.2) is 27.3 Å². The van der Waals surface area contributed by atoms with Crippen LogP contribution in [-0.2, 0) is 21.4 Å². The second-order valence-corrected chi connectivity index (χ2v) is 7.21. The maximum absolute atomic E-state index is 11.7. The molecule has 0 aliphatic heterocycles. The van der Waals surface area contributed by atoms with Gasteiger partial charge in [-0.1, -0.05) is 44.2 Å². The van der Waals surface area contributed by atoms with Crippen LogP contribution in [0.15, 0.2) is 30.3 Å². The van der Waals surface area contributed by atoms with E-state index < -0.39 is 10.0 Å². The minimum absolute atomic E-state index is 0.0154. The highest BCUT2D eigenvalue weighted by Crippen LogP contribution is 2.03. The van der Waals surface area contributed by atoms with Crippen LogP contribution in [0.2, 0.25) is 0 Å². The van der Waals surface area contributed by atoms with Gasteiger partial charge in [0.2, 0.25) is 10.0 Å². The Kier molecular flexibility index (Phi) is 7.80. The molecule has 20 heavy (non-hydrogen) atoms. The van der Waals surface area contributed by atoms with Crippen LogP contribution in [0.4, 0.5) is 0 Å². The Morgan fingerprint density at radius 3 is 2.55 bits per heavy atom. The zero-order chi connectivity index (χ0) is 14.8. The van der Waals surface area contributed by atoms with Crippen LogP contribution < -0.4 is 4.72 Å². The van der Waals surface area contributed by atoms with E-state index in [-0.39, 0.29) is 12.4 Å². The fourth-order valence-corrected chi connectivity index (χ4v) is 2.68. The second kappa shape index (κ2) is 9.10. The zero-order valence-electron chi connectivity index (χ0n) is 12.3. The molecule has 0 aromatic heterocycles. The highest BCUT2D eigenvalue weighted by atomic mass is 32.2. The first-order valence-corrected chi connectivity index (χ1v) is 8.74. The zero-order valence-corrected chi connectivity index (χ0v) is 13.2. The third kappa shape index (κ3) is 8.30. The molecule has 0 saturated carbocycles. The van der Waals surface area contributed by atoms with E-state index in [9.17, 15) is 8.42 Å². The van der Waals surface area contributed by atoms with Gasteiger partial charge in [0.25, 0.3) is 0 Å². The first kappa shape index (κ1) is 17.1. The molecule has 0 saturated heterocycles. The largest absolute Gasteiger partial charge is 0.376 e. The van der Waals surface area contributed by atoms with Crippen LogP contribution in [0.5, 0.6) is 0 Å². The van der Waals surface area contributed by atoms with E-state index in [4.69, 9.17) is 4.74 Å². The average molecular weight is 299 g/mol. The van der Waals surface area contributed by atoms with Crippen molar-refractivity contribution in [1.82, 2.24) is 4.72 Å². The summed E-state index contributed by atoms with van der Waals surface area (Å²) in [6.07, 6.45) is 1.91. The molecule has 0 fully saturated rings. The van der Waals surface area contributed by atoms with Crippen molar-refractivity contribution in [2.45, 2.75) is 33.3 Å². The van der Waals surface area contributed by atoms with Crippen molar-refractivity contribution in [3.05, 3.63) is 35.9 Å². The van der Waals surface area contributed by atoms with E-state index in [1.165, 1.54) is 0 Å². The number of hydrogen-bond donors (Lipinski definition) is 1. The molecule has 114 valence electrons. The summed E-state index contributed by atoms with van der Waals surface area (Å²) in [4.78, 5) is 0. The van der Waals surface area contributed by atoms with Crippen LogP contribution >= 0.6 is 0 Å². The van der Waals surface area contributed by atoms with E-state index in [1.54, 1.807) is 0 Å². The third-order valence-corrected chi connectivity index (χ3v) is 4.24. The molecule has 0 spiro atoms. The summed E-state index contributed by atoms with van der Waals surface area (Å²) >= 11 is 0. The molecule has 0 aliphatic rings. The molecule has 0 bridgehead atoms. The van der Waals surface area contributed by atoms with Gasteiger partial charge in [0.15, 0.2) is 0 Å². The van der Waals surface area contributed by atoms with Crippen LogP contribution in [0.25, 0.3) is 0 Å². The summed E-state index contributed by atoms with van der Waals surface area (Å²) in [5.41, 5.74) is 1.05. The van der Waals surface area contributed by atoms with Gasteiger partial charge in [-0.25, -0.2) is 13.1 Å². The lowest BCUT2D eigenvalue weighted by Gasteiger charge is -2.08. The Hall–Kier alpha value is -0.910.